The lowest BCUT2D eigenvalue weighted by molar-refractivity contribution is 0.561. The van der Waals surface area contributed by atoms with Crippen LogP contribution in [-0.2, 0) is 9.84 Å². The van der Waals surface area contributed by atoms with Crippen molar-refractivity contribution in [1.82, 2.24) is 5.32 Å². The number of sulfone groups is 1. The van der Waals surface area contributed by atoms with Gasteiger partial charge in [-0.25, -0.2) is 8.42 Å². The predicted molar refractivity (Wildman–Crippen MR) is 76.5 cm³/mol. The molecule has 0 aliphatic heterocycles. The molecule has 2 unspecified atom stereocenters. The number of benzene rings is 1. The van der Waals surface area contributed by atoms with E-state index in [-0.39, 0.29) is 17.0 Å². The summed E-state index contributed by atoms with van der Waals surface area (Å²) >= 11 is 0. The second-order valence-corrected chi connectivity index (χ2v) is 7.26. The Kier molecular flexibility index (Phi) is 5.35. The van der Waals surface area contributed by atoms with Crippen LogP contribution in [0.15, 0.2) is 24.3 Å². The van der Waals surface area contributed by atoms with Crippen LogP contribution in [0, 0.1) is 6.92 Å². The van der Waals surface area contributed by atoms with E-state index in [4.69, 9.17) is 0 Å². The van der Waals surface area contributed by atoms with Gasteiger partial charge in [-0.2, -0.15) is 0 Å². The molecule has 3 nitrogen and oxygen atoms in total. The first-order valence-electron chi connectivity index (χ1n) is 6.36. The van der Waals surface area contributed by atoms with E-state index < -0.39 is 9.84 Å². The van der Waals surface area contributed by atoms with E-state index in [1.54, 1.807) is 14.0 Å². The molecule has 18 heavy (non-hydrogen) atoms. The first-order valence-corrected chi connectivity index (χ1v) is 8.07. The van der Waals surface area contributed by atoms with Crippen LogP contribution in [0.5, 0.6) is 0 Å². The number of hydrogen-bond acceptors (Lipinski definition) is 3. The summed E-state index contributed by atoms with van der Waals surface area (Å²) in [6.45, 7) is 5.70. The third-order valence-corrected chi connectivity index (χ3v) is 5.77. The maximum absolute atomic E-state index is 12.1. The van der Waals surface area contributed by atoms with E-state index >= 15 is 0 Å². The Morgan fingerprint density at radius 3 is 2.22 bits per heavy atom. The van der Waals surface area contributed by atoms with Crippen molar-refractivity contribution in [3.05, 3.63) is 35.4 Å². The van der Waals surface area contributed by atoms with E-state index in [9.17, 15) is 8.42 Å². The highest BCUT2D eigenvalue weighted by Crippen LogP contribution is 2.18. The third kappa shape index (κ3) is 3.82. The fourth-order valence-electron chi connectivity index (χ4n) is 1.80. The van der Waals surface area contributed by atoms with Crippen molar-refractivity contribution in [2.45, 2.75) is 38.5 Å². The van der Waals surface area contributed by atoms with Gasteiger partial charge in [0.1, 0.15) is 0 Å². The number of aryl methyl sites for hydroxylation is 1. The molecule has 0 radical (unpaired) electrons. The highest BCUT2D eigenvalue weighted by Gasteiger charge is 2.24. The molecule has 0 saturated heterocycles. The molecule has 0 amide bonds. The molecule has 0 spiro atoms. The van der Waals surface area contributed by atoms with Gasteiger partial charge in [0, 0.05) is 6.04 Å². The van der Waals surface area contributed by atoms with E-state index in [1.165, 1.54) is 5.56 Å². The van der Waals surface area contributed by atoms with Crippen LogP contribution < -0.4 is 5.32 Å². The number of rotatable bonds is 6. The van der Waals surface area contributed by atoms with Crippen molar-refractivity contribution in [3.8, 4) is 0 Å². The van der Waals surface area contributed by atoms with Gasteiger partial charge in [-0.1, -0.05) is 36.8 Å². The zero-order valence-corrected chi connectivity index (χ0v) is 12.4. The normalized spacial score (nSPS) is 15.3. The van der Waals surface area contributed by atoms with E-state index in [2.05, 4.69) is 5.32 Å². The summed E-state index contributed by atoms with van der Waals surface area (Å²) in [5.41, 5.74) is 2.20. The van der Waals surface area contributed by atoms with E-state index in [0.717, 1.165) is 5.56 Å². The molecule has 1 aromatic carbocycles. The summed E-state index contributed by atoms with van der Waals surface area (Å²) in [4.78, 5) is 0. The molecule has 0 aliphatic rings. The van der Waals surface area contributed by atoms with Crippen molar-refractivity contribution in [3.63, 3.8) is 0 Å². The summed E-state index contributed by atoms with van der Waals surface area (Å²) in [6.07, 6.45) is 0.659. The molecule has 0 aromatic heterocycles. The topological polar surface area (TPSA) is 46.2 Å². The maximum atomic E-state index is 12.1. The minimum Gasteiger partial charge on any atom is -0.312 e. The molecule has 0 aliphatic carbocycles. The molecule has 0 saturated carbocycles. The van der Waals surface area contributed by atoms with Gasteiger partial charge >= 0.3 is 0 Å². The monoisotopic (exact) mass is 269 g/mol. The summed E-state index contributed by atoms with van der Waals surface area (Å²) in [5, 5.41) is 2.81. The van der Waals surface area contributed by atoms with Crippen molar-refractivity contribution in [1.29, 1.82) is 0 Å². The average molecular weight is 269 g/mol. The van der Waals surface area contributed by atoms with Crippen molar-refractivity contribution in [2.24, 2.45) is 0 Å². The van der Waals surface area contributed by atoms with E-state index in [1.807, 2.05) is 38.1 Å². The van der Waals surface area contributed by atoms with Gasteiger partial charge in [-0.3, -0.25) is 0 Å². The summed E-state index contributed by atoms with van der Waals surface area (Å²) < 4.78 is 24.3. The largest absolute Gasteiger partial charge is 0.312 e. The lowest BCUT2D eigenvalue weighted by Gasteiger charge is -2.19. The quantitative estimate of drug-likeness (QED) is 0.863. The molecule has 1 aromatic rings. The molecule has 102 valence electrons. The first kappa shape index (κ1) is 15.2. The van der Waals surface area contributed by atoms with Crippen LogP contribution in [0.1, 0.15) is 37.4 Å². The summed E-state index contributed by atoms with van der Waals surface area (Å²) in [7, 11) is -1.24. The molecule has 4 heteroatoms. The maximum Gasteiger partial charge on any atom is 0.154 e. The molecular weight excluding hydrogens is 246 g/mol. The van der Waals surface area contributed by atoms with Crippen LogP contribution in [-0.4, -0.2) is 26.5 Å². The zero-order valence-electron chi connectivity index (χ0n) is 11.6. The van der Waals surface area contributed by atoms with Crippen LogP contribution >= 0.6 is 0 Å². The average Bonchev–Trinajstić information content (AvgIpc) is 2.36. The lowest BCUT2D eigenvalue weighted by atomic mass is 10.1. The highest BCUT2D eigenvalue weighted by atomic mass is 32.2. The Hall–Kier alpha value is -0.870. The van der Waals surface area contributed by atoms with Gasteiger partial charge in [0.05, 0.1) is 11.0 Å². The second-order valence-electron chi connectivity index (χ2n) is 4.80. The van der Waals surface area contributed by atoms with Gasteiger partial charge in [0.2, 0.25) is 0 Å². The van der Waals surface area contributed by atoms with Crippen LogP contribution in [0.2, 0.25) is 0 Å². The molecule has 2 atom stereocenters. The molecule has 0 heterocycles. The number of nitrogens with one attached hydrogen (secondary N) is 1. The summed E-state index contributed by atoms with van der Waals surface area (Å²) in [6, 6.07) is 7.86. The van der Waals surface area contributed by atoms with Crippen LogP contribution in [0.3, 0.4) is 0 Å². The Morgan fingerprint density at radius 1 is 1.22 bits per heavy atom. The molecule has 1 rings (SSSR count). The minimum absolute atomic E-state index is 0.135. The number of hydrogen-bond donors (Lipinski definition) is 1. The SMILES string of the molecule is CCC(C)S(=O)(=O)CC(NC)c1ccc(C)cc1. The molecule has 0 fully saturated rings. The standard InChI is InChI=1S/C14H23NO2S/c1-5-12(3)18(16,17)10-14(15-4)13-8-6-11(2)7-9-13/h6-9,12,14-15H,5,10H2,1-4H3. The van der Waals surface area contributed by atoms with Gasteiger partial charge in [0.25, 0.3) is 0 Å². The highest BCUT2D eigenvalue weighted by molar-refractivity contribution is 7.92. The second kappa shape index (κ2) is 6.34. The van der Waals surface area contributed by atoms with Gasteiger partial charge in [-0.15, -0.1) is 0 Å². The fraction of sp³-hybridized carbons (Fsp3) is 0.571. The molecular formula is C14H23NO2S. The van der Waals surface area contributed by atoms with Crippen molar-refractivity contribution in [2.75, 3.05) is 12.8 Å². The van der Waals surface area contributed by atoms with Crippen molar-refractivity contribution < 1.29 is 8.42 Å². The smallest absolute Gasteiger partial charge is 0.154 e. The Balaban J connectivity index is 2.89. The Bertz CT molecular complexity index is 465. The van der Waals surface area contributed by atoms with Crippen LogP contribution in [0.25, 0.3) is 0 Å². The lowest BCUT2D eigenvalue weighted by Crippen LogP contribution is -2.30. The molecule has 1 N–H and O–H groups in total. The Morgan fingerprint density at radius 2 is 1.78 bits per heavy atom. The van der Waals surface area contributed by atoms with Gasteiger partial charge in [-0.05, 0) is 32.9 Å². The first-order chi connectivity index (χ1) is 8.40. The minimum atomic E-state index is -3.04. The zero-order chi connectivity index (χ0) is 13.8. The predicted octanol–water partition coefficient (Wildman–Crippen LogP) is 2.47. The third-order valence-electron chi connectivity index (χ3n) is 3.42. The van der Waals surface area contributed by atoms with E-state index in [0.29, 0.717) is 6.42 Å². The fourth-order valence-corrected chi connectivity index (χ4v) is 3.46. The Labute approximate surface area is 111 Å². The molecule has 0 bridgehead atoms. The van der Waals surface area contributed by atoms with Crippen LogP contribution in [0.4, 0.5) is 0 Å². The van der Waals surface area contributed by atoms with Gasteiger partial charge in [0.15, 0.2) is 9.84 Å². The van der Waals surface area contributed by atoms with Gasteiger partial charge < -0.3 is 5.32 Å². The van der Waals surface area contributed by atoms with Crippen molar-refractivity contribution >= 4 is 9.84 Å². The summed E-state index contributed by atoms with van der Waals surface area (Å²) in [5.74, 6) is 0.154.